The second-order valence-corrected chi connectivity index (χ2v) is 4.37. The van der Waals surface area contributed by atoms with Gasteiger partial charge in [-0.3, -0.25) is 9.78 Å². The first-order chi connectivity index (χ1) is 7.61. The summed E-state index contributed by atoms with van der Waals surface area (Å²) in [6.45, 7) is 6.29. The number of aromatic nitrogens is 1. The van der Waals surface area contributed by atoms with Crippen molar-refractivity contribution in [1.82, 2.24) is 4.98 Å². The Bertz CT molecular complexity index is 330. The van der Waals surface area contributed by atoms with Gasteiger partial charge in [0.05, 0.1) is 11.9 Å². The maximum atomic E-state index is 11.5. The average molecular weight is 220 g/mol. The van der Waals surface area contributed by atoms with E-state index < -0.39 is 0 Å². The molecule has 1 heterocycles. The van der Waals surface area contributed by atoms with Crippen LogP contribution < -0.4 is 5.32 Å². The van der Waals surface area contributed by atoms with Crippen molar-refractivity contribution in [2.24, 2.45) is 5.92 Å². The van der Waals surface area contributed by atoms with E-state index in [2.05, 4.69) is 31.1 Å². The Kier molecular flexibility index (Phi) is 4.96. The lowest BCUT2D eigenvalue weighted by atomic mass is 10.1. The molecule has 3 nitrogen and oxygen atoms in total. The molecule has 0 bridgehead atoms. The van der Waals surface area contributed by atoms with Crippen LogP contribution in [0.2, 0.25) is 0 Å². The van der Waals surface area contributed by atoms with Crippen molar-refractivity contribution in [2.75, 3.05) is 5.32 Å². The number of carbonyl (C=O) groups is 1. The topological polar surface area (TPSA) is 42.0 Å². The maximum Gasteiger partial charge on any atom is 0.224 e. The third-order valence-electron chi connectivity index (χ3n) is 2.42. The molecular formula is C13H20N2O. The van der Waals surface area contributed by atoms with Gasteiger partial charge in [-0.2, -0.15) is 0 Å². The molecule has 1 N–H and O–H groups in total. The highest BCUT2D eigenvalue weighted by molar-refractivity contribution is 5.90. The van der Waals surface area contributed by atoms with Crippen LogP contribution in [0.5, 0.6) is 0 Å². The van der Waals surface area contributed by atoms with Crippen molar-refractivity contribution in [3.05, 3.63) is 24.0 Å². The quantitative estimate of drug-likeness (QED) is 0.828. The molecular weight excluding hydrogens is 200 g/mol. The third-order valence-corrected chi connectivity index (χ3v) is 2.42. The van der Waals surface area contributed by atoms with E-state index in [4.69, 9.17) is 0 Å². The molecule has 0 aliphatic carbocycles. The maximum absolute atomic E-state index is 11.5. The number of aryl methyl sites for hydroxylation is 1. The van der Waals surface area contributed by atoms with Crippen LogP contribution in [-0.2, 0) is 11.2 Å². The monoisotopic (exact) mass is 220 g/mol. The van der Waals surface area contributed by atoms with Gasteiger partial charge in [0.15, 0.2) is 0 Å². The summed E-state index contributed by atoms with van der Waals surface area (Å²) in [7, 11) is 0. The highest BCUT2D eigenvalue weighted by Crippen LogP contribution is 2.09. The van der Waals surface area contributed by atoms with Crippen LogP contribution in [0.3, 0.4) is 0 Å². The first kappa shape index (κ1) is 12.7. The standard InChI is InChI=1S/C13H20N2O/c1-4-11-6-7-12(9-14-11)15-13(16)8-5-10(2)3/h6-7,9-10H,4-5,8H2,1-3H3,(H,15,16). The van der Waals surface area contributed by atoms with E-state index in [-0.39, 0.29) is 5.91 Å². The second kappa shape index (κ2) is 6.26. The summed E-state index contributed by atoms with van der Waals surface area (Å²) in [5.74, 6) is 0.631. The Morgan fingerprint density at radius 3 is 2.69 bits per heavy atom. The molecule has 0 saturated heterocycles. The Hall–Kier alpha value is -1.38. The van der Waals surface area contributed by atoms with E-state index in [9.17, 15) is 4.79 Å². The molecule has 88 valence electrons. The minimum absolute atomic E-state index is 0.0692. The predicted molar refractivity (Wildman–Crippen MR) is 66.3 cm³/mol. The summed E-state index contributed by atoms with van der Waals surface area (Å²) in [6, 6.07) is 3.84. The van der Waals surface area contributed by atoms with Crippen molar-refractivity contribution in [3.8, 4) is 0 Å². The van der Waals surface area contributed by atoms with E-state index in [1.165, 1.54) is 0 Å². The molecule has 16 heavy (non-hydrogen) atoms. The van der Waals surface area contributed by atoms with Gasteiger partial charge in [0.1, 0.15) is 0 Å². The molecule has 0 aliphatic heterocycles. The van der Waals surface area contributed by atoms with Gasteiger partial charge < -0.3 is 5.32 Å². The number of hydrogen-bond donors (Lipinski definition) is 1. The van der Waals surface area contributed by atoms with Crippen molar-refractivity contribution in [3.63, 3.8) is 0 Å². The Morgan fingerprint density at radius 1 is 1.44 bits per heavy atom. The minimum Gasteiger partial charge on any atom is -0.325 e. The van der Waals surface area contributed by atoms with E-state index in [1.54, 1.807) is 6.20 Å². The molecule has 3 heteroatoms. The van der Waals surface area contributed by atoms with Gasteiger partial charge in [0.25, 0.3) is 0 Å². The van der Waals surface area contributed by atoms with Gasteiger partial charge in [-0.1, -0.05) is 20.8 Å². The summed E-state index contributed by atoms with van der Waals surface area (Å²) < 4.78 is 0. The lowest BCUT2D eigenvalue weighted by Crippen LogP contribution is -2.12. The van der Waals surface area contributed by atoms with E-state index in [0.717, 1.165) is 24.2 Å². The van der Waals surface area contributed by atoms with Gasteiger partial charge in [-0.15, -0.1) is 0 Å². The zero-order valence-electron chi connectivity index (χ0n) is 10.3. The number of nitrogens with one attached hydrogen (secondary N) is 1. The van der Waals surface area contributed by atoms with Gasteiger partial charge in [-0.05, 0) is 30.9 Å². The fourth-order valence-electron chi connectivity index (χ4n) is 1.35. The lowest BCUT2D eigenvalue weighted by molar-refractivity contribution is -0.116. The fourth-order valence-corrected chi connectivity index (χ4v) is 1.35. The van der Waals surface area contributed by atoms with E-state index >= 15 is 0 Å². The van der Waals surface area contributed by atoms with E-state index in [0.29, 0.717) is 12.3 Å². The van der Waals surface area contributed by atoms with Gasteiger partial charge in [-0.25, -0.2) is 0 Å². The number of hydrogen-bond acceptors (Lipinski definition) is 2. The molecule has 0 aliphatic rings. The predicted octanol–water partition coefficient (Wildman–Crippen LogP) is 3.02. The molecule has 0 fully saturated rings. The smallest absolute Gasteiger partial charge is 0.224 e. The zero-order chi connectivity index (χ0) is 12.0. The van der Waals surface area contributed by atoms with Gasteiger partial charge in [0, 0.05) is 12.1 Å². The number of nitrogens with zero attached hydrogens (tertiary/aromatic N) is 1. The SMILES string of the molecule is CCc1ccc(NC(=O)CCC(C)C)cn1. The number of carbonyl (C=O) groups excluding carboxylic acids is 1. The molecule has 1 rings (SSSR count). The Labute approximate surface area is 97.3 Å². The van der Waals surface area contributed by atoms with E-state index in [1.807, 2.05) is 12.1 Å². The van der Waals surface area contributed by atoms with Crippen LogP contribution in [0.4, 0.5) is 5.69 Å². The molecule has 0 unspecified atom stereocenters. The molecule has 1 amide bonds. The van der Waals surface area contributed by atoms with Crippen molar-refractivity contribution < 1.29 is 4.79 Å². The molecule has 0 spiro atoms. The Morgan fingerprint density at radius 2 is 2.19 bits per heavy atom. The fraction of sp³-hybridized carbons (Fsp3) is 0.538. The summed E-state index contributed by atoms with van der Waals surface area (Å²) in [5, 5.41) is 2.85. The highest BCUT2D eigenvalue weighted by atomic mass is 16.1. The number of rotatable bonds is 5. The van der Waals surface area contributed by atoms with Crippen molar-refractivity contribution >= 4 is 11.6 Å². The molecule has 0 aromatic carbocycles. The molecule has 0 saturated carbocycles. The normalized spacial score (nSPS) is 10.5. The number of pyridine rings is 1. The van der Waals surface area contributed by atoms with Crippen molar-refractivity contribution in [2.45, 2.75) is 40.0 Å². The summed E-state index contributed by atoms with van der Waals surface area (Å²) in [4.78, 5) is 15.8. The van der Waals surface area contributed by atoms with Crippen LogP contribution in [0, 0.1) is 5.92 Å². The van der Waals surface area contributed by atoms with Crippen LogP contribution in [0.25, 0.3) is 0 Å². The summed E-state index contributed by atoms with van der Waals surface area (Å²) in [5.41, 5.74) is 1.83. The van der Waals surface area contributed by atoms with Crippen LogP contribution in [0.1, 0.15) is 39.3 Å². The summed E-state index contributed by atoms with van der Waals surface area (Å²) in [6.07, 6.45) is 4.13. The van der Waals surface area contributed by atoms with Gasteiger partial charge in [0.2, 0.25) is 5.91 Å². The average Bonchev–Trinajstić information content (AvgIpc) is 2.27. The van der Waals surface area contributed by atoms with Crippen LogP contribution >= 0.6 is 0 Å². The molecule has 1 aromatic rings. The second-order valence-electron chi connectivity index (χ2n) is 4.37. The van der Waals surface area contributed by atoms with Gasteiger partial charge >= 0.3 is 0 Å². The number of anilines is 1. The third kappa shape index (κ3) is 4.43. The molecule has 0 atom stereocenters. The van der Waals surface area contributed by atoms with Crippen LogP contribution in [0.15, 0.2) is 18.3 Å². The summed E-state index contributed by atoms with van der Waals surface area (Å²) >= 11 is 0. The molecule has 1 aromatic heterocycles. The minimum atomic E-state index is 0.0692. The zero-order valence-corrected chi connectivity index (χ0v) is 10.3. The van der Waals surface area contributed by atoms with Crippen LogP contribution in [-0.4, -0.2) is 10.9 Å². The van der Waals surface area contributed by atoms with Crippen molar-refractivity contribution in [1.29, 1.82) is 0 Å². The lowest BCUT2D eigenvalue weighted by Gasteiger charge is -2.06. The number of amides is 1. The largest absolute Gasteiger partial charge is 0.325 e. The first-order valence-electron chi connectivity index (χ1n) is 5.86. The first-order valence-corrected chi connectivity index (χ1v) is 5.86. The Balaban J connectivity index is 2.43. The highest BCUT2D eigenvalue weighted by Gasteiger charge is 2.04. The molecule has 0 radical (unpaired) electrons.